The number of rotatable bonds is 5. The summed E-state index contributed by atoms with van der Waals surface area (Å²) in [6, 6.07) is 14.7. The summed E-state index contributed by atoms with van der Waals surface area (Å²) in [7, 11) is 2.08. The quantitative estimate of drug-likeness (QED) is 0.566. The molecule has 2 aromatic carbocycles. The minimum absolute atomic E-state index is 0.326. The highest BCUT2D eigenvalue weighted by Gasteiger charge is 2.28. The monoisotopic (exact) mass is 409 g/mol. The predicted molar refractivity (Wildman–Crippen MR) is 115 cm³/mol. The van der Waals surface area contributed by atoms with Gasteiger partial charge in [-0.25, -0.2) is 0 Å². The van der Waals surface area contributed by atoms with E-state index in [0.29, 0.717) is 6.79 Å². The number of hydrogen-bond donors (Lipinski definition) is 3. The first-order chi connectivity index (χ1) is 14.6. The van der Waals surface area contributed by atoms with Crippen LogP contribution in [0.4, 0.5) is 0 Å². The third-order valence-corrected chi connectivity index (χ3v) is 6.82. The summed E-state index contributed by atoms with van der Waals surface area (Å²) < 4.78 is 13.1. The molecule has 0 unspecified atom stereocenters. The second kappa shape index (κ2) is 7.95. The first-order valence-corrected chi connectivity index (χ1v) is 10.9. The number of fused-ring (bicyclic) bond motifs is 2. The summed E-state index contributed by atoms with van der Waals surface area (Å²) in [5.74, 6) is 1.71. The molecule has 0 radical (unpaired) electrons. The third-order valence-electron chi connectivity index (χ3n) is 6.82. The Morgan fingerprint density at radius 3 is 2.57 bits per heavy atom. The van der Waals surface area contributed by atoms with Crippen LogP contribution in [0.25, 0.3) is 10.9 Å². The summed E-state index contributed by atoms with van der Waals surface area (Å²) >= 11 is 0. The summed E-state index contributed by atoms with van der Waals surface area (Å²) in [5.41, 5.74) is 4.74. The van der Waals surface area contributed by atoms with E-state index in [1.807, 2.05) is 6.07 Å². The number of nitrogens with zero attached hydrogens (tertiary/aromatic N) is 1. The van der Waals surface area contributed by atoms with Gasteiger partial charge in [-0.2, -0.15) is 0 Å². The molecule has 6 heteroatoms. The van der Waals surface area contributed by atoms with Crippen LogP contribution in [0, 0.1) is 6.92 Å². The lowest BCUT2D eigenvalue weighted by atomic mass is 10.0. The Balaban J connectivity index is 1.20. The molecule has 1 aromatic heterocycles. The van der Waals surface area contributed by atoms with Crippen molar-refractivity contribution in [1.82, 2.24) is 4.57 Å². The molecule has 3 aromatic rings. The summed E-state index contributed by atoms with van der Waals surface area (Å²) in [5, 5.41) is 12.3. The van der Waals surface area contributed by atoms with E-state index >= 15 is 0 Å². The number of quaternary nitrogens is 2. The van der Waals surface area contributed by atoms with Crippen molar-refractivity contribution in [2.45, 2.75) is 19.6 Å². The van der Waals surface area contributed by atoms with Gasteiger partial charge in [0.05, 0.1) is 0 Å². The lowest BCUT2D eigenvalue weighted by Gasteiger charge is -2.31. The zero-order chi connectivity index (χ0) is 20.7. The van der Waals surface area contributed by atoms with Gasteiger partial charge >= 0.3 is 0 Å². The van der Waals surface area contributed by atoms with Crippen LogP contribution >= 0.6 is 0 Å². The van der Waals surface area contributed by atoms with Gasteiger partial charge in [0, 0.05) is 34.8 Å². The smallest absolute Gasteiger partial charge is 0.231 e. The normalized spacial score (nSPS) is 21.8. The molecule has 2 aliphatic heterocycles. The van der Waals surface area contributed by atoms with Gasteiger partial charge in [0.15, 0.2) is 11.5 Å². The largest absolute Gasteiger partial charge is 0.454 e. The predicted octanol–water partition coefficient (Wildman–Crippen LogP) is 0.232. The van der Waals surface area contributed by atoms with Gasteiger partial charge in [0.2, 0.25) is 6.79 Å². The van der Waals surface area contributed by atoms with Crippen LogP contribution in [-0.2, 0) is 13.6 Å². The second-order valence-electron chi connectivity index (χ2n) is 8.66. The van der Waals surface area contributed by atoms with Crippen molar-refractivity contribution in [3.63, 3.8) is 0 Å². The average Bonchev–Trinajstić information content (AvgIpc) is 3.32. The minimum Gasteiger partial charge on any atom is -0.454 e. The Morgan fingerprint density at radius 1 is 1.00 bits per heavy atom. The number of para-hydroxylation sites is 1. The molecule has 3 heterocycles. The summed E-state index contributed by atoms with van der Waals surface area (Å²) in [6.45, 7) is 8.62. The molecular formula is C24H31N3O3+2. The Bertz CT molecular complexity index is 1050. The maximum atomic E-state index is 11.1. The van der Waals surface area contributed by atoms with E-state index in [0.717, 1.165) is 62.0 Å². The molecule has 0 aliphatic carbocycles. The van der Waals surface area contributed by atoms with E-state index in [4.69, 9.17) is 9.47 Å². The van der Waals surface area contributed by atoms with Crippen LogP contribution in [0.2, 0.25) is 0 Å². The zero-order valence-electron chi connectivity index (χ0n) is 17.8. The van der Waals surface area contributed by atoms with Crippen LogP contribution < -0.4 is 19.3 Å². The number of ether oxygens (including phenoxy) is 2. The number of aromatic nitrogens is 1. The molecule has 0 saturated carbocycles. The Hall–Kier alpha value is -2.54. The molecule has 5 rings (SSSR count). The van der Waals surface area contributed by atoms with Gasteiger partial charge in [-0.15, -0.1) is 0 Å². The number of hydrogen-bond acceptors (Lipinski definition) is 3. The fraction of sp³-hybridized carbons (Fsp3) is 0.417. The highest BCUT2D eigenvalue weighted by atomic mass is 16.7. The van der Waals surface area contributed by atoms with Gasteiger partial charge in [-0.05, 0) is 31.2 Å². The molecule has 0 spiro atoms. The molecule has 1 fully saturated rings. The SMILES string of the molecule is Cc1c([C@H](O)C[NH+]2CC[NH+](Cc3ccc4c(c3)OCO4)CC2)c2ccccc2n1C. The van der Waals surface area contributed by atoms with Crippen molar-refractivity contribution in [1.29, 1.82) is 0 Å². The van der Waals surface area contributed by atoms with Crippen LogP contribution in [0.1, 0.15) is 22.9 Å². The van der Waals surface area contributed by atoms with Crippen LogP contribution in [0.5, 0.6) is 11.5 Å². The van der Waals surface area contributed by atoms with Crippen molar-refractivity contribution in [2.75, 3.05) is 39.5 Å². The molecule has 6 nitrogen and oxygen atoms in total. The Kier molecular flexibility index (Phi) is 5.15. The van der Waals surface area contributed by atoms with Crippen LogP contribution in [0.15, 0.2) is 42.5 Å². The maximum Gasteiger partial charge on any atom is 0.231 e. The van der Waals surface area contributed by atoms with Crippen LogP contribution in [0.3, 0.4) is 0 Å². The summed E-state index contributed by atoms with van der Waals surface area (Å²) in [6.07, 6.45) is -0.429. The van der Waals surface area contributed by atoms with Gasteiger partial charge in [-0.3, -0.25) is 0 Å². The molecule has 0 bridgehead atoms. The lowest BCUT2D eigenvalue weighted by Crippen LogP contribution is -3.27. The number of aryl methyl sites for hydroxylation is 1. The molecule has 1 atom stereocenters. The lowest BCUT2D eigenvalue weighted by molar-refractivity contribution is -1.02. The second-order valence-corrected chi connectivity index (χ2v) is 8.66. The molecule has 158 valence electrons. The molecular weight excluding hydrogens is 378 g/mol. The maximum absolute atomic E-state index is 11.1. The molecule has 3 N–H and O–H groups in total. The van der Waals surface area contributed by atoms with Crippen LogP contribution in [-0.4, -0.2) is 49.2 Å². The molecule has 0 amide bonds. The van der Waals surface area contributed by atoms with Crippen molar-refractivity contribution < 1.29 is 24.4 Å². The number of nitrogens with one attached hydrogen (secondary N) is 2. The molecule has 1 saturated heterocycles. The summed E-state index contributed by atoms with van der Waals surface area (Å²) in [4.78, 5) is 3.08. The van der Waals surface area contributed by atoms with Crippen molar-refractivity contribution in [2.24, 2.45) is 7.05 Å². The highest BCUT2D eigenvalue weighted by molar-refractivity contribution is 5.85. The number of benzene rings is 2. The fourth-order valence-electron chi connectivity index (χ4n) is 5.02. The fourth-order valence-corrected chi connectivity index (χ4v) is 5.02. The minimum atomic E-state index is -0.429. The Morgan fingerprint density at radius 2 is 1.73 bits per heavy atom. The van der Waals surface area contributed by atoms with Gasteiger partial charge < -0.3 is 28.9 Å². The van der Waals surface area contributed by atoms with E-state index in [1.54, 1.807) is 4.90 Å². The molecule has 30 heavy (non-hydrogen) atoms. The topological polar surface area (TPSA) is 52.5 Å². The average molecular weight is 410 g/mol. The van der Waals surface area contributed by atoms with Crippen molar-refractivity contribution in [3.05, 3.63) is 59.3 Å². The third kappa shape index (κ3) is 3.55. The van der Waals surface area contributed by atoms with E-state index in [-0.39, 0.29) is 0 Å². The van der Waals surface area contributed by atoms with Crippen molar-refractivity contribution >= 4 is 10.9 Å². The van der Waals surface area contributed by atoms with Gasteiger partial charge in [-0.1, -0.05) is 18.2 Å². The van der Waals surface area contributed by atoms with E-state index in [2.05, 4.69) is 54.9 Å². The van der Waals surface area contributed by atoms with Gasteiger partial charge in [0.25, 0.3) is 0 Å². The number of aliphatic hydroxyl groups excluding tert-OH is 1. The van der Waals surface area contributed by atoms with E-state index in [9.17, 15) is 5.11 Å². The standard InChI is InChI=1S/C24H29N3O3/c1-17-24(19-5-3-4-6-20(19)25(17)2)21(28)15-27-11-9-26(10-12-27)14-18-7-8-22-23(13-18)30-16-29-22/h3-8,13,21,28H,9-12,14-16H2,1-2H3/p+2/t21-/m1/s1. The van der Waals surface area contributed by atoms with E-state index < -0.39 is 6.10 Å². The van der Waals surface area contributed by atoms with Crippen molar-refractivity contribution in [3.8, 4) is 11.5 Å². The van der Waals surface area contributed by atoms with Gasteiger partial charge in [0.1, 0.15) is 45.4 Å². The first-order valence-electron chi connectivity index (χ1n) is 10.9. The first kappa shape index (κ1) is 19.4. The highest BCUT2D eigenvalue weighted by Crippen LogP contribution is 2.32. The number of aliphatic hydroxyl groups is 1. The Labute approximate surface area is 177 Å². The van der Waals surface area contributed by atoms with E-state index in [1.165, 1.54) is 21.4 Å². The zero-order valence-corrected chi connectivity index (χ0v) is 17.8. The number of piperazine rings is 1. The molecule has 2 aliphatic rings.